The predicted octanol–water partition coefficient (Wildman–Crippen LogP) is 0.568. The number of hydrogen-bond acceptors (Lipinski definition) is 6. The van der Waals surface area contributed by atoms with Gasteiger partial charge < -0.3 is 5.11 Å². The maximum absolute atomic E-state index is 11.7. The van der Waals surface area contributed by atoms with Crippen LogP contribution in [0.3, 0.4) is 0 Å². The van der Waals surface area contributed by atoms with Crippen LogP contribution in [0.2, 0.25) is 0 Å². The number of amides is 1. The van der Waals surface area contributed by atoms with Crippen LogP contribution in [0.25, 0.3) is 0 Å². The molecule has 0 aliphatic heterocycles. The highest BCUT2D eigenvalue weighted by molar-refractivity contribution is 7.13. The molecule has 7 heteroatoms. The summed E-state index contributed by atoms with van der Waals surface area (Å²) in [5, 5.41) is 19.9. The molecule has 6 nitrogen and oxygen atoms in total. The van der Waals surface area contributed by atoms with Crippen molar-refractivity contribution in [2.75, 3.05) is 18.4 Å². The first kappa shape index (κ1) is 14.0. The topological polar surface area (TPSA) is 78.4 Å². The molecule has 1 unspecified atom stereocenters. The number of carbonyl (C=O) groups is 1. The molecule has 0 fully saturated rings. The second-order valence-corrected chi connectivity index (χ2v) is 5.00. The summed E-state index contributed by atoms with van der Waals surface area (Å²) in [5.41, 5.74) is 1.56. The Morgan fingerprint density at radius 1 is 1.59 bits per heavy atom. The van der Waals surface area contributed by atoms with E-state index in [2.05, 4.69) is 15.5 Å². The van der Waals surface area contributed by atoms with Gasteiger partial charge in [-0.25, -0.2) is 0 Å². The third-order valence-electron chi connectivity index (χ3n) is 2.18. The first-order chi connectivity index (χ1) is 7.99. The fourth-order valence-electron chi connectivity index (χ4n) is 1.37. The monoisotopic (exact) mass is 258 g/mol. The van der Waals surface area contributed by atoms with E-state index >= 15 is 0 Å². The molecule has 0 aromatic carbocycles. The van der Waals surface area contributed by atoms with E-state index in [1.807, 2.05) is 18.7 Å². The van der Waals surface area contributed by atoms with Crippen LogP contribution in [-0.2, 0) is 4.79 Å². The SMILES string of the molecule is CC(O)CN(CC(=O)Nc1nncs1)C(C)C. The minimum atomic E-state index is -0.452. The standard InChI is InChI=1S/C10H18N4O2S/c1-7(2)14(4-8(3)15)5-9(16)12-10-13-11-6-17-10/h6-8,15H,4-5H2,1-3H3,(H,12,13,16). The summed E-state index contributed by atoms with van der Waals surface area (Å²) in [7, 11) is 0. The van der Waals surface area contributed by atoms with E-state index in [0.29, 0.717) is 11.7 Å². The zero-order valence-electron chi connectivity index (χ0n) is 10.3. The van der Waals surface area contributed by atoms with Gasteiger partial charge >= 0.3 is 0 Å². The largest absolute Gasteiger partial charge is 0.392 e. The molecule has 0 bridgehead atoms. The molecule has 1 aromatic rings. The molecule has 1 amide bonds. The number of aliphatic hydroxyl groups excluding tert-OH is 1. The average molecular weight is 258 g/mol. The van der Waals surface area contributed by atoms with Crippen molar-refractivity contribution in [3.05, 3.63) is 5.51 Å². The van der Waals surface area contributed by atoms with Crippen molar-refractivity contribution in [3.63, 3.8) is 0 Å². The minimum Gasteiger partial charge on any atom is -0.392 e. The fourth-order valence-corrected chi connectivity index (χ4v) is 1.83. The smallest absolute Gasteiger partial charge is 0.240 e. The van der Waals surface area contributed by atoms with Crippen molar-refractivity contribution >= 4 is 22.4 Å². The Labute approximate surface area is 105 Å². The molecular formula is C10H18N4O2S. The van der Waals surface area contributed by atoms with Gasteiger partial charge in [0.15, 0.2) is 0 Å². The van der Waals surface area contributed by atoms with Crippen LogP contribution in [-0.4, -0.2) is 51.3 Å². The molecule has 0 radical (unpaired) electrons. The minimum absolute atomic E-state index is 0.143. The molecule has 1 aromatic heterocycles. The van der Waals surface area contributed by atoms with Crippen LogP contribution >= 0.6 is 11.3 Å². The number of nitrogens with one attached hydrogen (secondary N) is 1. The van der Waals surface area contributed by atoms with Gasteiger partial charge in [-0.2, -0.15) is 0 Å². The van der Waals surface area contributed by atoms with Gasteiger partial charge in [-0.05, 0) is 20.8 Å². The highest BCUT2D eigenvalue weighted by Crippen LogP contribution is 2.08. The van der Waals surface area contributed by atoms with Crippen LogP contribution in [0.4, 0.5) is 5.13 Å². The number of nitrogens with zero attached hydrogens (tertiary/aromatic N) is 3. The molecule has 17 heavy (non-hydrogen) atoms. The van der Waals surface area contributed by atoms with Crippen LogP contribution in [0.1, 0.15) is 20.8 Å². The number of rotatable bonds is 6. The Morgan fingerprint density at radius 2 is 2.29 bits per heavy atom. The molecule has 0 aliphatic rings. The quantitative estimate of drug-likeness (QED) is 0.780. The van der Waals surface area contributed by atoms with Gasteiger partial charge in [0.1, 0.15) is 5.51 Å². The van der Waals surface area contributed by atoms with Gasteiger partial charge in [0.25, 0.3) is 0 Å². The number of anilines is 1. The molecule has 0 spiro atoms. The van der Waals surface area contributed by atoms with Crippen molar-refractivity contribution < 1.29 is 9.90 Å². The molecule has 1 heterocycles. The second-order valence-electron chi connectivity index (χ2n) is 4.16. The Hall–Kier alpha value is -1.05. The summed E-state index contributed by atoms with van der Waals surface area (Å²) in [6.45, 7) is 6.39. The fraction of sp³-hybridized carbons (Fsp3) is 0.700. The molecular weight excluding hydrogens is 240 g/mol. The zero-order chi connectivity index (χ0) is 12.8. The highest BCUT2D eigenvalue weighted by Gasteiger charge is 2.16. The summed E-state index contributed by atoms with van der Waals surface area (Å²) < 4.78 is 0. The Bertz CT molecular complexity index is 340. The van der Waals surface area contributed by atoms with E-state index < -0.39 is 6.10 Å². The third kappa shape index (κ3) is 5.20. The lowest BCUT2D eigenvalue weighted by Crippen LogP contribution is -2.41. The van der Waals surface area contributed by atoms with Gasteiger partial charge in [-0.1, -0.05) is 11.3 Å². The molecule has 1 atom stereocenters. The molecule has 2 N–H and O–H groups in total. The van der Waals surface area contributed by atoms with E-state index in [0.717, 1.165) is 0 Å². The van der Waals surface area contributed by atoms with E-state index in [9.17, 15) is 9.90 Å². The van der Waals surface area contributed by atoms with Crippen molar-refractivity contribution in [2.45, 2.75) is 32.9 Å². The lowest BCUT2D eigenvalue weighted by atomic mass is 10.2. The van der Waals surface area contributed by atoms with Gasteiger partial charge in [-0.3, -0.25) is 15.0 Å². The van der Waals surface area contributed by atoms with E-state index in [1.165, 1.54) is 11.3 Å². The first-order valence-electron chi connectivity index (χ1n) is 5.47. The van der Waals surface area contributed by atoms with Crippen molar-refractivity contribution in [2.24, 2.45) is 0 Å². The maximum atomic E-state index is 11.7. The van der Waals surface area contributed by atoms with Crippen molar-refractivity contribution in [1.29, 1.82) is 0 Å². The average Bonchev–Trinajstić information content (AvgIpc) is 2.68. The molecule has 96 valence electrons. The van der Waals surface area contributed by atoms with Crippen LogP contribution in [0.5, 0.6) is 0 Å². The number of hydrogen-bond donors (Lipinski definition) is 2. The normalized spacial score (nSPS) is 13.1. The number of aliphatic hydroxyl groups is 1. The van der Waals surface area contributed by atoms with Crippen LogP contribution in [0.15, 0.2) is 5.51 Å². The maximum Gasteiger partial charge on any atom is 0.240 e. The molecule has 0 saturated carbocycles. The summed E-state index contributed by atoms with van der Waals surface area (Å²) in [6.07, 6.45) is -0.452. The summed E-state index contributed by atoms with van der Waals surface area (Å²) in [5.74, 6) is -0.143. The molecule has 0 saturated heterocycles. The van der Waals surface area contributed by atoms with Gasteiger partial charge in [0.2, 0.25) is 11.0 Å². The Balaban J connectivity index is 2.46. The number of carbonyl (C=O) groups excluding carboxylic acids is 1. The van der Waals surface area contributed by atoms with Gasteiger partial charge in [0.05, 0.1) is 12.6 Å². The number of aromatic nitrogens is 2. The van der Waals surface area contributed by atoms with Gasteiger partial charge in [-0.15, -0.1) is 10.2 Å². The Kier molecular flexibility index (Phi) is 5.46. The van der Waals surface area contributed by atoms with Crippen molar-refractivity contribution in [3.8, 4) is 0 Å². The second kappa shape index (κ2) is 6.63. The van der Waals surface area contributed by atoms with Crippen molar-refractivity contribution in [1.82, 2.24) is 15.1 Å². The Morgan fingerprint density at radius 3 is 2.76 bits per heavy atom. The van der Waals surface area contributed by atoms with Crippen LogP contribution < -0.4 is 5.32 Å². The van der Waals surface area contributed by atoms with E-state index in [4.69, 9.17) is 0 Å². The summed E-state index contributed by atoms with van der Waals surface area (Å²) in [6, 6.07) is 0.199. The van der Waals surface area contributed by atoms with Crippen LogP contribution in [0, 0.1) is 0 Å². The highest BCUT2D eigenvalue weighted by atomic mass is 32.1. The molecule has 1 rings (SSSR count). The zero-order valence-corrected chi connectivity index (χ0v) is 11.1. The third-order valence-corrected chi connectivity index (χ3v) is 2.79. The molecule has 0 aliphatic carbocycles. The first-order valence-corrected chi connectivity index (χ1v) is 6.35. The summed E-state index contributed by atoms with van der Waals surface area (Å²) >= 11 is 1.28. The van der Waals surface area contributed by atoms with Gasteiger partial charge in [0, 0.05) is 12.6 Å². The summed E-state index contributed by atoms with van der Waals surface area (Å²) in [4.78, 5) is 13.6. The lowest BCUT2D eigenvalue weighted by molar-refractivity contribution is -0.118. The predicted molar refractivity (Wildman–Crippen MR) is 66.9 cm³/mol. The van der Waals surface area contributed by atoms with E-state index in [1.54, 1.807) is 12.4 Å². The van der Waals surface area contributed by atoms with E-state index in [-0.39, 0.29) is 18.5 Å². The lowest BCUT2D eigenvalue weighted by Gasteiger charge is -2.26.